The van der Waals surface area contributed by atoms with E-state index in [1.165, 1.54) is 25.3 Å². The largest absolute Gasteiger partial charge is 0.460 e. The number of rotatable bonds is 5. The molecule has 4 saturated carbocycles. The summed E-state index contributed by atoms with van der Waals surface area (Å²) in [5.41, 5.74) is 0.522. The monoisotopic (exact) mass is 425 g/mol. The van der Waals surface area contributed by atoms with E-state index in [4.69, 9.17) is 13.9 Å². The van der Waals surface area contributed by atoms with Gasteiger partial charge in [-0.3, -0.25) is 10.1 Å². The van der Waals surface area contributed by atoms with Crippen molar-refractivity contribution in [3.63, 3.8) is 0 Å². The first-order valence-electron chi connectivity index (χ1n) is 11.1. The Labute approximate surface area is 180 Å². The standard InChI is InChI=1S/C24H27NO6/c1-2-29-23(28)25-18-3-4-19-17(8-21(26)31-20(19)9-18)13-30-22(27)24-10-14-5-15(11-24)7-16(6-14)12-24/h3-4,8-9,14-16H,2,5-7,10-13H2,1H3,(H,25,28). The molecular weight excluding hydrogens is 398 g/mol. The highest BCUT2D eigenvalue weighted by atomic mass is 16.5. The third kappa shape index (κ3) is 3.82. The van der Waals surface area contributed by atoms with Crippen LogP contribution in [0.1, 0.15) is 51.0 Å². The molecule has 4 aliphatic carbocycles. The average Bonchev–Trinajstić information content (AvgIpc) is 2.70. The van der Waals surface area contributed by atoms with E-state index in [2.05, 4.69) is 5.32 Å². The Bertz CT molecular complexity index is 1050. The van der Waals surface area contributed by atoms with Crippen LogP contribution in [-0.2, 0) is 20.9 Å². The number of ether oxygens (including phenoxy) is 2. The number of hydrogen-bond acceptors (Lipinski definition) is 6. The van der Waals surface area contributed by atoms with Crippen molar-refractivity contribution in [1.82, 2.24) is 0 Å². The molecule has 0 unspecified atom stereocenters. The minimum absolute atomic E-state index is 0.0351. The Hall–Kier alpha value is -2.83. The summed E-state index contributed by atoms with van der Waals surface area (Å²) in [5.74, 6) is 1.87. The molecule has 164 valence electrons. The van der Waals surface area contributed by atoms with Crippen LogP contribution in [0.4, 0.5) is 10.5 Å². The van der Waals surface area contributed by atoms with Gasteiger partial charge in [0.15, 0.2) is 0 Å². The second-order valence-corrected chi connectivity index (χ2v) is 9.42. The van der Waals surface area contributed by atoms with E-state index in [1.54, 1.807) is 25.1 Å². The summed E-state index contributed by atoms with van der Waals surface area (Å²) in [4.78, 5) is 36.9. The maximum Gasteiger partial charge on any atom is 0.411 e. The second-order valence-electron chi connectivity index (χ2n) is 9.42. The minimum atomic E-state index is -0.579. The van der Waals surface area contributed by atoms with Crippen LogP contribution in [-0.4, -0.2) is 18.7 Å². The lowest BCUT2D eigenvalue weighted by Gasteiger charge is -2.55. The number of anilines is 1. The molecule has 1 aromatic heterocycles. The molecule has 4 fully saturated rings. The van der Waals surface area contributed by atoms with Crippen molar-refractivity contribution < 1.29 is 23.5 Å². The molecule has 2 aromatic rings. The van der Waals surface area contributed by atoms with Gasteiger partial charge >= 0.3 is 17.7 Å². The molecule has 31 heavy (non-hydrogen) atoms. The third-order valence-electron chi connectivity index (χ3n) is 7.18. The van der Waals surface area contributed by atoms with Gasteiger partial charge in [-0.05, 0) is 75.3 Å². The summed E-state index contributed by atoms with van der Waals surface area (Å²) >= 11 is 0. The quantitative estimate of drug-likeness (QED) is 0.555. The summed E-state index contributed by atoms with van der Waals surface area (Å²) in [6.45, 7) is 2.01. The zero-order valence-electron chi connectivity index (χ0n) is 17.6. The lowest BCUT2D eigenvalue weighted by Crippen LogP contribution is -2.50. The van der Waals surface area contributed by atoms with Gasteiger partial charge in [-0.15, -0.1) is 0 Å². The van der Waals surface area contributed by atoms with Gasteiger partial charge in [-0.2, -0.15) is 0 Å². The van der Waals surface area contributed by atoms with Crippen molar-refractivity contribution in [3.05, 3.63) is 40.2 Å². The molecule has 0 spiro atoms. The van der Waals surface area contributed by atoms with E-state index in [9.17, 15) is 14.4 Å². The van der Waals surface area contributed by atoms with Crippen LogP contribution < -0.4 is 10.9 Å². The first-order valence-corrected chi connectivity index (χ1v) is 11.1. The molecule has 0 atom stereocenters. The normalized spacial score (nSPS) is 28.5. The smallest absolute Gasteiger partial charge is 0.411 e. The molecule has 1 heterocycles. The highest BCUT2D eigenvalue weighted by molar-refractivity contribution is 5.90. The van der Waals surface area contributed by atoms with Crippen LogP contribution in [0.2, 0.25) is 0 Å². The predicted molar refractivity (Wildman–Crippen MR) is 114 cm³/mol. The topological polar surface area (TPSA) is 94.8 Å². The zero-order valence-corrected chi connectivity index (χ0v) is 17.6. The second kappa shape index (κ2) is 7.70. The molecule has 1 amide bonds. The molecule has 4 bridgehead atoms. The number of fused-ring (bicyclic) bond motifs is 1. The molecular formula is C24H27NO6. The predicted octanol–water partition coefficient (Wildman–Crippen LogP) is 4.62. The van der Waals surface area contributed by atoms with Gasteiger partial charge in [0.05, 0.1) is 12.0 Å². The molecule has 0 saturated heterocycles. The van der Waals surface area contributed by atoms with E-state index < -0.39 is 11.7 Å². The molecule has 4 aliphatic rings. The highest BCUT2D eigenvalue weighted by Crippen LogP contribution is 2.60. The molecule has 7 heteroatoms. The summed E-state index contributed by atoms with van der Waals surface area (Å²) in [7, 11) is 0. The Morgan fingerprint density at radius 2 is 1.74 bits per heavy atom. The van der Waals surface area contributed by atoms with Crippen LogP contribution in [0.3, 0.4) is 0 Å². The summed E-state index contributed by atoms with van der Waals surface area (Å²) < 4.78 is 16.0. The Kier molecular flexibility index (Phi) is 4.99. The van der Waals surface area contributed by atoms with E-state index in [0.717, 1.165) is 19.3 Å². The van der Waals surface area contributed by atoms with Gasteiger partial charge in [0.2, 0.25) is 0 Å². The number of benzene rings is 1. The summed E-state index contributed by atoms with van der Waals surface area (Å²) in [6.07, 6.45) is 6.04. The van der Waals surface area contributed by atoms with E-state index in [-0.39, 0.29) is 24.6 Å². The van der Waals surface area contributed by atoms with Crippen molar-refractivity contribution in [3.8, 4) is 0 Å². The highest BCUT2D eigenvalue weighted by Gasteiger charge is 2.55. The molecule has 0 aliphatic heterocycles. The first-order chi connectivity index (χ1) is 14.9. The van der Waals surface area contributed by atoms with Crippen LogP contribution in [0, 0.1) is 23.2 Å². The first kappa shape index (κ1) is 20.1. The average molecular weight is 425 g/mol. The van der Waals surface area contributed by atoms with Gasteiger partial charge in [-0.1, -0.05) is 0 Å². The van der Waals surface area contributed by atoms with E-state index in [1.807, 2.05) is 0 Å². The van der Waals surface area contributed by atoms with Gasteiger partial charge in [0.1, 0.15) is 12.2 Å². The van der Waals surface area contributed by atoms with Gasteiger partial charge in [0, 0.05) is 28.8 Å². The fraction of sp³-hybridized carbons (Fsp3) is 0.542. The fourth-order valence-electron chi connectivity index (χ4n) is 6.37. The van der Waals surface area contributed by atoms with Crippen molar-refractivity contribution in [2.24, 2.45) is 23.2 Å². The van der Waals surface area contributed by atoms with Crippen molar-refractivity contribution in [2.45, 2.75) is 52.1 Å². The molecule has 6 rings (SSSR count). The lowest BCUT2D eigenvalue weighted by molar-refractivity contribution is -0.172. The fourth-order valence-corrected chi connectivity index (χ4v) is 6.37. The molecule has 1 N–H and O–H groups in total. The SMILES string of the molecule is CCOC(=O)Nc1ccc2c(COC(=O)C34CC5CC(CC(C5)C3)C4)cc(=O)oc2c1. The number of carbonyl (C=O) groups is 2. The number of hydrogen-bond donors (Lipinski definition) is 1. The Morgan fingerprint density at radius 3 is 2.39 bits per heavy atom. The number of amides is 1. The summed E-state index contributed by atoms with van der Waals surface area (Å²) in [6, 6.07) is 6.38. The maximum atomic E-state index is 13.1. The van der Waals surface area contributed by atoms with E-state index >= 15 is 0 Å². The van der Waals surface area contributed by atoms with Crippen molar-refractivity contribution in [2.75, 3.05) is 11.9 Å². The van der Waals surface area contributed by atoms with Crippen molar-refractivity contribution >= 4 is 28.7 Å². The molecule has 0 radical (unpaired) electrons. The van der Waals surface area contributed by atoms with Gasteiger partial charge < -0.3 is 13.9 Å². The van der Waals surface area contributed by atoms with Gasteiger partial charge in [-0.25, -0.2) is 9.59 Å². The minimum Gasteiger partial charge on any atom is -0.460 e. The van der Waals surface area contributed by atoms with Crippen LogP contribution >= 0.6 is 0 Å². The van der Waals surface area contributed by atoms with Crippen LogP contribution in [0.25, 0.3) is 11.0 Å². The lowest BCUT2D eigenvalue weighted by atomic mass is 9.49. The Morgan fingerprint density at radius 1 is 1.06 bits per heavy atom. The zero-order chi connectivity index (χ0) is 21.6. The Balaban J connectivity index is 1.34. The molecule has 1 aromatic carbocycles. The maximum absolute atomic E-state index is 13.1. The third-order valence-corrected chi connectivity index (χ3v) is 7.18. The summed E-state index contributed by atoms with van der Waals surface area (Å²) in [5, 5.41) is 3.26. The van der Waals surface area contributed by atoms with Crippen LogP contribution in [0.15, 0.2) is 33.5 Å². The number of carbonyl (C=O) groups excluding carboxylic acids is 2. The molecule has 7 nitrogen and oxygen atoms in total. The van der Waals surface area contributed by atoms with Gasteiger partial charge in [0.25, 0.3) is 0 Å². The number of nitrogens with one attached hydrogen (secondary N) is 1. The van der Waals surface area contributed by atoms with Crippen LogP contribution in [0.5, 0.6) is 0 Å². The van der Waals surface area contributed by atoms with Crippen molar-refractivity contribution in [1.29, 1.82) is 0 Å². The number of esters is 1. The van der Waals surface area contributed by atoms with E-state index in [0.29, 0.717) is 40.0 Å².